The van der Waals surface area contributed by atoms with Crippen LogP contribution in [0.1, 0.15) is 20.8 Å². The van der Waals surface area contributed by atoms with Gasteiger partial charge in [-0.05, 0) is 18.1 Å². The van der Waals surface area contributed by atoms with Crippen LogP contribution in [0.4, 0.5) is 0 Å². The topological polar surface area (TPSA) is 49.7 Å². The maximum Gasteiger partial charge on any atom is 0.192 e. The third-order valence-corrected chi connectivity index (χ3v) is 9.11. The lowest BCUT2D eigenvalue weighted by atomic mass is 10.1. The summed E-state index contributed by atoms with van der Waals surface area (Å²) in [6.45, 7) is 17.4. The molecular weight excluding hydrogens is 284 g/mol. The van der Waals surface area contributed by atoms with Gasteiger partial charge in [-0.25, -0.2) is 0 Å². The van der Waals surface area contributed by atoms with Gasteiger partial charge < -0.3 is 14.6 Å². The maximum atomic E-state index is 10.2. The van der Waals surface area contributed by atoms with E-state index in [1.165, 1.54) is 0 Å². The van der Waals surface area contributed by atoms with Crippen molar-refractivity contribution in [3.8, 4) is 11.5 Å². The molecule has 3 nitrogen and oxygen atoms in total. The number of aliphatic hydroxyl groups excluding tert-OH is 2. The van der Waals surface area contributed by atoms with Gasteiger partial charge in [0, 0.05) is 0 Å². The van der Waals surface area contributed by atoms with Crippen molar-refractivity contribution in [2.45, 2.75) is 64.6 Å². The lowest BCUT2D eigenvalue weighted by Crippen LogP contribution is -2.43. The van der Waals surface area contributed by atoms with Gasteiger partial charge in [0.2, 0.25) is 0 Å². The summed E-state index contributed by atoms with van der Waals surface area (Å²) in [5.41, 5.74) is 3.21. The summed E-state index contributed by atoms with van der Waals surface area (Å²) < 4.78 is 5.99. The van der Waals surface area contributed by atoms with E-state index in [-0.39, 0.29) is 18.3 Å². The SMILES string of the molecule is CC(C)(C)[Si](C)(C)OC[C@H](O)[C@@H](C#C[Si](C)(C)C)CO. The van der Waals surface area contributed by atoms with Gasteiger partial charge in [0.15, 0.2) is 8.32 Å². The number of aliphatic hydroxyl groups is 2. The maximum absolute atomic E-state index is 10.2. The lowest BCUT2D eigenvalue weighted by Gasteiger charge is -2.37. The van der Waals surface area contributed by atoms with Crippen LogP contribution in [0, 0.1) is 17.4 Å². The average Bonchev–Trinajstić information content (AvgIpc) is 2.24. The normalized spacial score (nSPS) is 16.3. The van der Waals surface area contributed by atoms with Crippen LogP contribution in [0.15, 0.2) is 0 Å². The first kappa shape index (κ1) is 19.9. The van der Waals surface area contributed by atoms with Crippen LogP contribution in [0.25, 0.3) is 0 Å². The van der Waals surface area contributed by atoms with Crippen molar-refractivity contribution in [3.63, 3.8) is 0 Å². The third kappa shape index (κ3) is 7.05. The largest absolute Gasteiger partial charge is 0.414 e. The summed E-state index contributed by atoms with van der Waals surface area (Å²) in [4.78, 5) is 0. The van der Waals surface area contributed by atoms with Gasteiger partial charge in [-0.15, -0.1) is 11.5 Å². The Morgan fingerprint density at radius 2 is 1.60 bits per heavy atom. The molecule has 118 valence electrons. The molecule has 0 heterocycles. The molecule has 2 atom stereocenters. The number of rotatable bonds is 5. The predicted molar refractivity (Wildman–Crippen MR) is 90.9 cm³/mol. The molecular formula is C15H32O3Si2. The van der Waals surface area contributed by atoms with E-state index in [4.69, 9.17) is 4.43 Å². The van der Waals surface area contributed by atoms with E-state index in [0.29, 0.717) is 0 Å². The van der Waals surface area contributed by atoms with Crippen molar-refractivity contribution in [1.29, 1.82) is 0 Å². The fraction of sp³-hybridized carbons (Fsp3) is 0.867. The molecule has 0 bridgehead atoms. The molecule has 0 aromatic rings. The molecule has 5 heteroatoms. The van der Waals surface area contributed by atoms with Gasteiger partial charge in [-0.1, -0.05) is 40.4 Å². The molecule has 0 aromatic heterocycles. The molecule has 0 aliphatic heterocycles. The first-order valence-electron chi connectivity index (χ1n) is 7.26. The summed E-state index contributed by atoms with van der Waals surface area (Å²) in [5.74, 6) is 2.62. The third-order valence-electron chi connectivity index (χ3n) is 3.71. The van der Waals surface area contributed by atoms with Crippen molar-refractivity contribution < 1.29 is 14.6 Å². The minimum atomic E-state index is -1.87. The van der Waals surface area contributed by atoms with E-state index in [1.54, 1.807) is 0 Å². The predicted octanol–water partition coefficient (Wildman–Crippen LogP) is 2.86. The van der Waals surface area contributed by atoms with E-state index in [2.05, 4.69) is 65.0 Å². The van der Waals surface area contributed by atoms with Crippen LogP contribution in [-0.4, -0.2) is 45.9 Å². The standard InChI is InChI=1S/C15H32O3Si2/c1-15(2,3)20(7,8)18-12-14(17)13(11-16)9-10-19(4,5)6/h13-14,16-17H,11-12H2,1-8H3/t13-,14-/m0/s1. The molecule has 0 unspecified atom stereocenters. The Morgan fingerprint density at radius 3 is 1.95 bits per heavy atom. The van der Waals surface area contributed by atoms with Crippen LogP contribution < -0.4 is 0 Å². The molecule has 0 aliphatic rings. The lowest BCUT2D eigenvalue weighted by molar-refractivity contribution is 0.0488. The zero-order valence-electron chi connectivity index (χ0n) is 14.4. The zero-order valence-corrected chi connectivity index (χ0v) is 16.4. The van der Waals surface area contributed by atoms with Crippen molar-refractivity contribution in [3.05, 3.63) is 0 Å². The van der Waals surface area contributed by atoms with Crippen LogP contribution in [-0.2, 0) is 4.43 Å². The highest BCUT2D eigenvalue weighted by molar-refractivity contribution is 6.83. The molecule has 0 fully saturated rings. The molecule has 2 N–H and O–H groups in total. The molecule has 0 aliphatic carbocycles. The van der Waals surface area contributed by atoms with E-state index in [9.17, 15) is 10.2 Å². The summed E-state index contributed by atoms with van der Waals surface area (Å²) in [6, 6.07) is 0. The molecule has 0 radical (unpaired) electrons. The van der Waals surface area contributed by atoms with E-state index in [0.717, 1.165) is 0 Å². The van der Waals surface area contributed by atoms with Crippen molar-refractivity contribution in [2.24, 2.45) is 5.92 Å². The Labute approximate surface area is 126 Å². The highest BCUT2D eigenvalue weighted by Crippen LogP contribution is 2.36. The molecule has 0 amide bonds. The highest BCUT2D eigenvalue weighted by Gasteiger charge is 2.37. The van der Waals surface area contributed by atoms with Crippen LogP contribution >= 0.6 is 0 Å². The Balaban J connectivity index is 4.66. The Hall–Kier alpha value is -0.126. The Kier molecular flexibility index (Phi) is 7.19. The van der Waals surface area contributed by atoms with Gasteiger partial charge in [0.25, 0.3) is 0 Å². The van der Waals surface area contributed by atoms with Gasteiger partial charge >= 0.3 is 0 Å². The molecule has 0 saturated heterocycles. The first-order chi connectivity index (χ1) is 8.80. The minimum Gasteiger partial charge on any atom is -0.414 e. The second-order valence-corrected chi connectivity index (χ2v) is 17.5. The van der Waals surface area contributed by atoms with Gasteiger partial charge in [-0.2, -0.15) is 0 Å². The molecule has 0 spiro atoms. The zero-order chi connectivity index (χ0) is 16.2. The molecule has 20 heavy (non-hydrogen) atoms. The van der Waals surface area contributed by atoms with Gasteiger partial charge in [-0.3, -0.25) is 0 Å². The molecule has 0 aromatic carbocycles. The summed E-state index contributed by atoms with van der Waals surface area (Å²) >= 11 is 0. The van der Waals surface area contributed by atoms with Crippen LogP contribution in [0.3, 0.4) is 0 Å². The second-order valence-electron chi connectivity index (χ2n) is 7.95. The van der Waals surface area contributed by atoms with Crippen molar-refractivity contribution in [1.82, 2.24) is 0 Å². The fourth-order valence-corrected chi connectivity index (χ4v) is 2.84. The number of hydrogen-bond donors (Lipinski definition) is 2. The Bertz CT molecular complexity index is 356. The monoisotopic (exact) mass is 316 g/mol. The molecule has 0 rings (SSSR count). The van der Waals surface area contributed by atoms with E-state index >= 15 is 0 Å². The molecule has 0 saturated carbocycles. The average molecular weight is 317 g/mol. The van der Waals surface area contributed by atoms with E-state index in [1.807, 2.05) is 0 Å². The second kappa shape index (κ2) is 7.23. The summed E-state index contributed by atoms with van der Waals surface area (Å²) in [7, 11) is -3.35. The first-order valence-corrected chi connectivity index (χ1v) is 13.7. The number of hydrogen-bond acceptors (Lipinski definition) is 3. The van der Waals surface area contributed by atoms with Crippen LogP contribution in [0.5, 0.6) is 0 Å². The Morgan fingerprint density at radius 1 is 1.10 bits per heavy atom. The van der Waals surface area contributed by atoms with Gasteiger partial charge in [0.05, 0.1) is 25.2 Å². The van der Waals surface area contributed by atoms with E-state index < -0.39 is 28.4 Å². The van der Waals surface area contributed by atoms with Gasteiger partial charge in [0.1, 0.15) is 8.07 Å². The van der Waals surface area contributed by atoms with Crippen molar-refractivity contribution in [2.75, 3.05) is 13.2 Å². The smallest absolute Gasteiger partial charge is 0.192 e. The van der Waals surface area contributed by atoms with Crippen LogP contribution in [0.2, 0.25) is 37.8 Å². The van der Waals surface area contributed by atoms with Crippen molar-refractivity contribution >= 4 is 16.4 Å². The quantitative estimate of drug-likeness (QED) is 0.606. The summed E-state index contributed by atoms with van der Waals surface area (Å²) in [5, 5.41) is 19.7. The highest BCUT2D eigenvalue weighted by atomic mass is 28.4. The fourth-order valence-electron chi connectivity index (χ4n) is 1.20. The summed E-state index contributed by atoms with van der Waals surface area (Å²) in [6.07, 6.45) is -0.724. The minimum absolute atomic E-state index is 0.117.